The van der Waals surface area contributed by atoms with Gasteiger partial charge < -0.3 is 4.42 Å². The molecule has 0 amide bonds. The van der Waals surface area contributed by atoms with Gasteiger partial charge in [-0.15, -0.1) is 0 Å². The highest BCUT2D eigenvalue weighted by Crippen LogP contribution is 2.42. The van der Waals surface area contributed by atoms with Crippen LogP contribution in [0, 0.1) is 13.8 Å². The summed E-state index contributed by atoms with van der Waals surface area (Å²) in [5, 5.41) is 2.36. The van der Waals surface area contributed by atoms with Gasteiger partial charge in [-0.25, -0.2) is 0 Å². The molecule has 0 bridgehead atoms. The van der Waals surface area contributed by atoms with Gasteiger partial charge in [0.1, 0.15) is 11.2 Å². The highest BCUT2D eigenvalue weighted by atomic mass is 16.3. The van der Waals surface area contributed by atoms with Crippen molar-refractivity contribution < 1.29 is 4.42 Å². The smallest absolute Gasteiger partial charge is 0.143 e. The van der Waals surface area contributed by atoms with Gasteiger partial charge in [-0.05, 0) is 59.9 Å². The summed E-state index contributed by atoms with van der Waals surface area (Å²) >= 11 is 0. The van der Waals surface area contributed by atoms with E-state index in [9.17, 15) is 0 Å². The molecule has 0 N–H and O–H groups in total. The molecule has 0 spiro atoms. The van der Waals surface area contributed by atoms with Gasteiger partial charge in [0.05, 0.1) is 0 Å². The molecule has 4 aromatic carbocycles. The molecule has 0 aliphatic heterocycles. The van der Waals surface area contributed by atoms with Crippen molar-refractivity contribution in [3.05, 3.63) is 96.1 Å². The maximum absolute atomic E-state index is 6.44. The zero-order chi connectivity index (χ0) is 18.4. The zero-order valence-electron chi connectivity index (χ0n) is 15.5. The highest BCUT2D eigenvalue weighted by molar-refractivity contribution is 6.12. The van der Waals surface area contributed by atoms with Crippen LogP contribution < -0.4 is 0 Å². The normalized spacial score (nSPS) is 11.3. The summed E-state index contributed by atoms with van der Waals surface area (Å²) < 4.78 is 6.44. The van der Waals surface area contributed by atoms with Gasteiger partial charge in [-0.2, -0.15) is 0 Å². The van der Waals surface area contributed by atoms with Crippen LogP contribution in [0.15, 0.2) is 89.3 Å². The van der Waals surface area contributed by atoms with Gasteiger partial charge in [-0.1, -0.05) is 66.7 Å². The van der Waals surface area contributed by atoms with E-state index >= 15 is 0 Å². The second-order valence-electron chi connectivity index (χ2n) is 7.13. The molecule has 5 aromatic rings. The monoisotopic (exact) mass is 348 g/mol. The maximum atomic E-state index is 6.44. The van der Waals surface area contributed by atoms with E-state index in [0.717, 1.165) is 16.7 Å². The van der Waals surface area contributed by atoms with Crippen molar-refractivity contribution in [2.24, 2.45) is 0 Å². The average Bonchev–Trinajstić information content (AvgIpc) is 3.06. The van der Waals surface area contributed by atoms with E-state index in [1.54, 1.807) is 0 Å². The number of hydrogen-bond acceptors (Lipinski definition) is 1. The first-order chi connectivity index (χ1) is 13.2. The van der Waals surface area contributed by atoms with E-state index in [0.29, 0.717) is 0 Å². The van der Waals surface area contributed by atoms with E-state index in [-0.39, 0.29) is 0 Å². The molecule has 27 heavy (non-hydrogen) atoms. The fourth-order valence-corrected chi connectivity index (χ4v) is 3.85. The van der Waals surface area contributed by atoms with Gasteiger partial charge in [0.2, 0.25) is 0 Å². The molecule has 0 atom stereocenters. The molecule has 1 heteroatoms. The lowest BCUT2D eigenvalue weighted by Crippen LogP contribution is -1.86. The lowest BCUT2D eigenvalue weighted by atomic mass is 9.92. The van der Waals surface area contributed by atoms with E-state index in [1.807, 2.05) is 0 Å². The predicted molar refractivity (Wildman–Crippen MR) is 114 cm³/mol. The minimum absolute atomic E-state index is 0.954. The summed E-state index contributed by atoms with van der Waals surface area (Å²) in [5.41, 5.74) is 9.19. The fraction of sp³-hybridized carbons (Fsp3) is 0.0769. The van der Waals surface area contributed by atoms with Crippen molar-refractivity contribution in [2.45, 2.75) is 13.8 Å². The largest absolute Gasteiger partial charge is 0.455 e. The van der Waals surface area contributed by atoms with Gasteiger partial charge in [0.25, 0.3) is 0 Å². The van der Waals surface area contributed by atoms with Crippen LogP contribution in [0.3, 0.4) is 0 Å². The predicted octanol–water partition coefficient (Wildman–Crippen LogP) is 7.54. The third-order valence-electron chi connectivity index (χ3n) is 5.40. The molecule has 0 radical (unpaired) electrons. The van der Waals surface area contributed by atoms with E-state index in [1.165, 1.54) is 38.6 Å². The van der Waals surface area contributed by atoms with E-state index < -0.39 is 0 Å². The second kappa shape index (κ2) is 6.14. The van der Waals surface area contributed by atoms with Crippen molar-refractivity contribution in [3.8, 4) is 22.3 Å². The lowest BCUT2D eigenvalue weighted by molar-refractivity contribution is 0.669. The molecule has 0 aliphatic carbocycles. The highest BCUT2D eigenvalue weighted by Gasteiger charge is 2.17. The number of fused-ring (bicyclic) bond motifs is 3. The second-order valence-corrected chi connectivity index (χ2v) is 7.13. The molecular formula is C26H20O. The van der Waals surface area contributed by atoms with E-state index in [4.69, 9.17) is 4.42 Å². The SMILES string of the molecule is Cc1cc2oc3c(-c4ccccc4)c(-c4ccccc4)ccc3c2cc1C. The molecule has 0 saturated heterocycles. The summed E-state index contributed by atoms with van der Waals surface area (Å²) in [7, 11) is 0. The minimum Gasteiger partial charge on any atom is -0.455 e. The Morgan fingerprint density at radius 2 is 1.22 bits per heavy atom. The molecule has 0 fully saturated rings. The molecule has 1 aromatic heterocycles. The Morgan fingerprint density at radius 3 is 1.93 bits per heavy atom. The summed E-state index contributed by atoms with van der Waals surface area (Å²) in [4.78, 5) is 0. The molecular weight excluding hydrogens is 328 g/mol. The van der Waals surface area contributed by atoms with Crippen molar-refractivity contribution in [1.29, 1.82) is 0 Å². The van der Waals surface area contributed by atoms with Crippen molar-refractivity contribution >= 4 is 21.9 Å². The Labute approximate surface area is 158 Å². The summed E-state index contributed by atoms with van der Waals surface area (Å²) in [5.74, 6) is 0. The third-order valence-corrected chi connectivity index (χ3v) is 5.40. The Bertz CT molecular complexity index is 1260. The zero-order valence-corrected chi connectivity index (χ0v) is 15.5. The number of hydrogen-bond donors (Lipinski definition) is 0. The van der Waals surface area contributed by atoms with Gasteiger partial charge in [-0.3, -0.25) is 0 Å². The van der Waals surface area contributed by atoms with E-state index in [2.05, 4.69) is 98.8 Å². The summed E-state index contributed by atoms with van der Waals surface area (Å²) in [6.07, 6.45) is 0. The van der Waals surface area contributed by atoms with Crippen molar-refractivity contribution in [2.75, 3.05) is 0 Å². The molecule has 1 nitrogen and oxygen atoms in total. The van der Waals surface area contributed by atoms with Crippen LogP contribution in [0.4, 0.5) is 0 Å². The van der Waals surface area contributed by atoms with Gasteiger partial charge in [0, 0.05) is 16.3 Å². The van der Waals surface area contributed by atoms with Crippen LogP contribution in [0.25, 0.3) is 44.2 Å². The van der Waals surface area contributed by atoms with Gasteiger partial charge >= 0.3 is 0 Å². The first kappa shape index (κ1) is 15.9. The maximum Gasteiger partial charge on any atom is 0.143 e. The molecule has 0 unspecified atom stereocenters. The topological polar surface area (TPSA) is 13.1 Å². The summed E-state index contributed by atoms with van der Waals surface area (Å²) in [6.45, 7) is 4.29. The van der Waals surface area contributed by atoms with Crippen molar-refractivity contribution in [1.82, 2.24) is 0 Å². The lowest BCUT2D eigenvalue weighted by Gasteiger charge is -2.11. The Balaban J connectivity index is 1.93. The standard InChI is InChI=1S/C26H20O/c1-17-15-23-22-14-13-21(19-9-5-3-6-10-19)25(20-11-7-4-8-12-20)26(22)27-24(23)16-18(17)2/h3-16H,1-2H3. The van der Waals surface area contributed by atoms with Crippen LogP contribution in [-0.4, -0.2) is 0 Å². The molecule has 1 heterocycles. The van der Waals surface area contributed by atoms with Crippen LogP contribution in [0.2, 0.25) is 0 Å². The quantitative estimate of drug-likeness (QED) is 0.321. The van der Waals surface area contributed by atoms with Crippen molar-refractivity contribution in [3.63, 3.8) is 0 Å². The van der Waals surface area contributed by atoms with Crippen LogP contribution in [0.1, 0.15) is 11.1 Å². The van der Waals surface area contributed by atoms with Crippen LogP contribution in [-0.2, 0) is 0 Å². The average molecular weight is 348 g/mol. The number of benzene rings is 4. The molecule has 0 aliphatic rings. The Morgan fingerprint density at radius 1 is 0.593 bits per heavy atom. The number of rotatable bonds is 2. The number of furan rings is 1. The fourth-order valence-electron chi connectivity index (χ4n) is 3.85. The molecule has 5 rings (SSSR count). The minimum atomic E-state index is 0.954. The third kappa shape index (κ3) is 2.55. The number of aryl methyl sites for hydroxylation is 2. The molecule has 130 valence electrons. The van der Waals surface area contributed by atoms with Gasteiger partial charge in [0.15, 0.2) is 0 Å². The molecule has 0 saturated carbocycles. The first-order valence-electron chi connectivity index (χ1n) is 9.29. The Hall–Kier alpha value is -3.32. The van der Waals surface area contributed by atoms with Crippen LogP contribution in [0.5, 0.6) is 0 Å². The first-order valence-corrected chi connectivity index (χ1v) is 9.29. The van der Waals surface area contributed by atoms with Crippen LogP contribution >= 0.6 is 0 Å². The Kier molecular flexibility index (Phi) is 3.61. The summed E-state index contributed by atoms with van der Waals surface area (Å²) in [6, 6.07) is 29.9.